The van der Waals surface area contributed by atoms with Crippen molar-refractivity contribution in [2.24, 2.45) is 5.73 Å². The topological polar surface area (TPSA) is 131 Å². The molecule has 5 N–H and O–H groups in total. The summed E-state index contributed by atoms with van der Waals surface area (Å²) < 4.78 is 3.89. The van der Waals surface area contributed by atoms with Crippen LogP contribution in [0.2, 0.25) is 0 Å². The lowest BCUT2D eigenvalue weighted by atomic mass is 9.95. The van der Waals surface area contributed by atoms with Gasteiger partial charge in [-0.3, -0.25) is 19.3 Å². The average Bonchev–Trinajstić information content (AvgIpc) is 3.09. The molecule has 0 unspecified atom stereocenters. The molecular formula is C20H25N5O3S. The number of nitrogens with two attached hydrogens (primary N) is 2. The van der Waals surface area contributed by atoms with Gasteiger partial charge in [-0.25, -0.2) is 0 Å². The van der Waals surface area contributed by atoms with Crippen molar-refractivity contribution >= 4 is 40.6 Å². The number of nitrogens with one attached hydrogen (secondary N) is 1. The number of carbonyl (C=O) groups is 3. The van der Waals surface area contributed by atoms with Crippen molar-refractivity contribution in [2.45, 2.75) is 45.1 Å². The van der Waals surface area contributed by atoms with Crippen molar-refractivity contribution in [3.8, 4) is 0 Å². The molecule has 8 nitrogen and oxygen atoms in total. The minimum Gasteiger partial charge on any atom is -0.395 e. The number of nitrogens with zero attached hydrogens (tertiary/aromatic N) is 2. The van der Waals surface area contributed by atoms with E-state index in [1.54, 1.807) is 12.1 Å². The lowest BCUT2D eigenvalue weighted by Crippen LogP contribution is -2.45. The van der Waals surface area contributed by atoms with E-state index in [-0.39, 0.29) is 34.8 Å². The van der Waals surface area contributed by atoms with Gasteiger partial charge in [0.15, 0.2) is 5.69 Å². The molecule has 1 aliphatic rings. The van der Waals surface area contributed by atoms with Crippen LogP contribution in [0, 0.1) is 6.92 Å². The number of hydrogen-bond acceptors (Lipinski definition) is 6. The fraction of sp³-hybridized carbons (Fsp3) is 0.400. The normalized spacial score (nSPS) is 14.4. The average molecular weight is 416 g/mol. The summed E-state index contributed by atoms with van der Waals surface area (Å²) in [7, 11) is 0. The van der Waals surface area contributed by atoms with Gasteiger partial charge in [0, 0.05) is 11.7 Å². The Morgan fingerprint density at radius 2 is 1.83 bits per heavy atom. The minimum absolute atomic E-state index is 0.0581. The predicted octanol–water partition coefficient (Wildman–Crippen LogP) is 2.23. The number of amides is 3. The van der Waals surface area contributed by atoms with Gasteiger partial charge in [0.2, 0.25) is 5.91 Å². The van der Waals surface area contributed by atoms with Crippen molar-refractivity contribution in [2.75, 3.05) is 17.2 Å². The molecule has 0 atom stereocenters. The van der Waals surface area contributed by atoms with Crippen LogP contribution in [0.5, 0.6) is 0 Å². The van der Waals surface area contributed by atoms with Crippen molar-refractivity contribution in [3.05, 3.63) is 40.4 Å². The Labute approximate surface area is 173 Å². The van der Waals surface area contributed by atoms with Crippen molar-refractivity contribution in [1.29, 1.82) is 0 Å². The van der Waals surface area contributed by atoms with E-state index in [9.17, 15) is 14.4 Å². The SMILES string of the molecule is Cc1ccc(N(CC(=O)NC2CCCCC2)C(=O)c2snc(C(N)=O)c2N)cc1. The molecule has 0 radical (unpaired) electrons. The first-order valence-corrected chi connectivity index (χ1v) is 10.4. The van der Waals surface area contributed by atoms with Gasteiger partial charge in [0.05, 0.1) is 5.69 Å². The van der Waals surface area contributed by atoms with E-state index < -0.39 is 11.8 Å². The van der Waals surface area contributed by atoms with E-state index in [4.69, 9.17) is 11.5 Å². The highest BCUT2D eigenvalue weighted by Gasteiger charge is 2.28. The quantitative estimate of drug-likeness (QED) is 0.666. The maximum Gasteiger partial charge on any atom is 0.272 e. The zero-order valence-corrected chi connectivity index (χ0v) is 17.1. The van der Waals surface area contributed by atoms with E-state index in [2.05, 4.69) is 9.69 Å². The summed E-state index contributed by atoms with van der Waals surface area (Å²) in [5.41, 5.74) is 12.6. The summed E-state index contributed by atoms with van der Waals surface area (Å²) in [5, 5.41) is 3.02. The number of carbonyl (C=O) groups excluding carboxylic acids is 3. The molecule has 3 rings (SSSR count). The third kappa shape index (κ3) is 4.92. The second kappa shape index (κ2) is 9.04. The smallest absolute Gasteiger partial charge is 0.272 e. The van der Waals surface area contributed by atoms with Gasteiger partial charge in [-0.1, -0.05) is 37.0 Å². The van der Waals surface area contributed by atoms with E-state index in [1.807, 2.05) is 19.1 Å². The molecule has 1 saturated carbocycles. The number of hydrogen-bond donors (Lipinski definition) is 3. The third-order valence-electron chi connectivity index (χ3n) is 5.02. The molecule has 0 aliphatic heterocycles. The van der Waals surface area contributed by atoms with Gasteiger partial charge < -0.3 is 16.8 Å². The first-order valence-electron chi connectivity index (χ1n) is 9.59. The van der Waals surface area contributed by atoms with Crippen LogP contribution in [0.3, 0.4) is 0 Å². The minimum atomic E-state index is -0.797. The van der Waals surface area contributed by atoms with Crippen LogP contribution >= 0.6 is 11.5 Å². The zero-order chi connectivity index (χ0) is 21.0. The van der Waals surface area contributed by atoms with Gasteiger partial charge >= 0.3 is 0 Å². The van der Waals surface area contributed by atoms with E-state index in [0.29, 0.717) is 5.69 Å². The molecule has 1 fully saturated rings. The number of anilines is 2. The molecule has 1 heterocycles. The number of aromatic nitrogens is 1. The Kier molecular flexibility index (Phi) is 6.48. The first-order chi connectivity index (χ1) is 13.9. The highest BCUT2D eigenvalue weighted by molar-refractivity contribution is 7.09. The van der Waals surface area contributed by atoms with E-state index in [0.717, 1.165) is 42.8 Å². The molecule has 2 aromatic rings. The Bertz CT molecular complexity index is 903. The van der Waals surface area contributed by atoms with Crippen molar-refractivity contribution < 1.29 is 14.4 Å². The summed E-state index contributed by atoms with van der Waals surface area (Å²) in [6.45, 7) is 1.79. The standard InChI is InChI=1S/C20H25N5O3S/c1-12-7-9-14(10-8-12)25(11-15(26)23-13-5-3-2-4-6-13)20(28)18-16(21)17(19(22)27)24-29-18/h7-10,13H,2-6,11,21H2,1H3,(H2,22,27)(H,23,26). The van der Waals surface area contributed by atoms with Crippen LogP contribution in [0.1, 0.15) is 57.8 Å². The molecule has 29 heavy (non-hydrogen) atoms. The van der Waals surface area contributed by atoms with E-state index >= 15 is 0 Å². The van der Waals surface area contributed by atoms with E-state index in [1.165, 1.54) is 11.3 Å². The van der Waals surface area contributed by atoms with Crippen LogP contribution in [0.4, 0.5) is 11.4 Å². The highest BCUT2D eigenvalue weighted by atomic mass is 32.1. The zero-order valence-electron chi connectivity index (χ0n) is 16.3. The summed E-state index contributed by atoms with van der Waals surface area (Å²) in [5.74, 6) is -1.52. The Hall–Kier alpha value is -2.94. The number of benzene rings is 1. The second-order valence-electron chi connectivity index (χ2n) is 7.27. The Balaban J connectivity index is 1.84. The monoisotopic (exact) mass is 415 g/mol. The number of aryl methyl sites for hydroxylation is 1. The molecule has 0 spiro atoms. The lowest BCUT2D eigenvalue weighted by molar-refractivity contribution is -0.120. The number of primary amides is 1. The van der Waals surface area contributed by atoms with Gasteiger partial charge in [0.25, 0.3) is 11.8 Å². The molecule has 9 heteroatoms. The van der Waals surface area contributed by atoms with Gasteiger partial charge in [-0.15, -0.1) is 0 Å². The molecule has 154 valence electrons. The third-order valence-corrected chi connectivity index (χ3v) is 5.87. The largest absolute Gasteiger partial charge is 0.395 e. The molecule has 1 aliphatic carbocycles. The maximum atomic E-state index is 13.2. The summed E-state index contributed by atoms with van der Waals surface area (Å²) >= 11 is 0.803. The fourth-order valence-electron chi connectivity index (χ4n) is 3.42. The Morgan fingerprint density at radius 3 is 2.41 bits per heavy atom. The number of nitrogen functional groups attached to an aromatic ring is 1. The van der Waals surface area contributed by atoms with Crippen molar-refractivity contribution in [1.82, 2.24) is 9.69 Å². The number of rotatable bonds is 6. The van der Waals surface area contributed by atoms with Gasteiger partial charge in [-0.05, 0) is 43.4 Å². The van der Waals surface area contributed by atoms with Gasteiger partial charge in [-0.2, -0.15) is 4.37 Å². The molecular weight excluding hydrogens is 390 g/mol. The molecule has 0 saturated heterocycles. The van der Waals surface area contributed by atoms with Crippen LogP contribution in [-0.2, 0) is 4.79 Å². The van der Waals surface area contributed by atoms with Crippen LogP contribution in [-0.4, -0.2) is 34.7 Å². The fourth-order valence-corrected chi connectivity index (χ4v) is 4.17. The lowest BCUT2D eigenvalue weighted by Gasteiger charge is -2.26. The first kappa shape index (κ1) is 20.8. The second-order valence-corrected chi connectivity index (χ2v) is 8.04. The maximum absolute atomic E-state index is 13.2. The van der Waals surface area contributed by atoms with Crippen molar-refractivity contribution in [3.63, 3.8) is 0 Å². The molecule has 1 aromatic carbocycles. The Morgan fingerprint density at radius 1 is 1.17 bits per heavy atom. The van der Waals surface area contributed by atoms with Crippen LogP contribution < -0.4 is 21.7 Å². The summed E-state index contributed by atoms with van der Waals surface area (Å²) in [6, 6.07) is 7.40. The molecule has 3 amide bonds. The van der Waals surface area contributed by atoms with Crippen LogP contribution in [0.15, 0.2) is 24.3 Å². The summed E-state index contributed by atoms with van der Waals surface area (Å²) in [6.07, 6.45) is 5.28. The predicted molar refractivity (Wildman–Crippen MR) is 113 cm³/mol. The van der Waals surface area contributed by atoms with Gasteiger partial charge in [0.1, 0.15) is 11.4 Å². The van der Waals surface area contributed by atoms with Crippen LogP contribution in [0.25, 0.3) is 0 Å². The summed E-state index contributed by atoms with van der Waals surface area (Å²) in [4.78, 5) is 38.7. The molecule has 0 bridgehead atoms. The highest BCUT2D eigenvalue weighted by Crippen LogP contribution is 2.26. The molecule has 1 aromatic heterocycles.